The van der Waals surface area contributed by atoms with Crippen molar-refractivity contribution in [2.45, 2.75) is 26.1 Å². The standard InChI is InChI=1S/2C8H14O6S.Ca/c2*1-3-8(9)14-7(2)6-13-4-5-15(10,11)12;/h2*3,7H,1,4-6H2,2H3,(H,10,11,12);/q;;+2/p-2. The molecule has 0 heterocycles. The summed E-state index contributed by atoms with van der Waals surface area (Å²) >= 11 is 0. The molecular formula is C16H26CaO12S2. The Balaban J connectivity index is -0.000000490. The monoisotopic (exact) mass is 514 g/mol. The largest absolute Gasteiger partial charge is 2.00 e. The Kier molecular flexibility index (Phi) is 21.4. The SMILES string of the molecule is C=CC(=O)OC(C)COCCS(=O)(=O)[O-].C=CC(=O)OC(C)COCCS(=O)(=O)[O-].[Ca+2]. The molecule has 15 heteroatoms. The van der Waals surface area contributed by atoms with Gasteiger partial charge < -0.3 is 28.1 Å². The molecule has 0 aliphatic rings. The molecule has 0 aromatic rings. The number of ether oxygens (including phenoxy) is 4. The summed E-state index contributed by atoms with van der Waals surface area (Å²) in [4.78, 5) is 21.3. The maximum atomic E-state index is 10.7. The Morgan fingerprint density at radius 1 is 0.806 bits per heavy atom. The fourth-order valence-electron chi connectivity index (χ4n) is 1.38. The maximum Gasteiger partial charge on any atom is 2.00 e. The first-order valence-electron chi connectivity index (χ1n) is 8.38. The van der Waals surface area contributed by atoms with Gasteiger partial charge in [-0.05, 0) is 13.8 Å². The van der Waals surface area contributed by atoms with Crippen LogP contribution in [0.5, 0.6) is 0 Å². The van der Waals surface area contributed by atoms with Crippen LogP contribution in [0.2, 0.25) is 0 Å². The van der Waals surface area contributed by atoms with Gasteiger partial charge in [0.05, 0.1) is 58.2 Å². The molecule has 0 amide bonds. The van der Waals surface area contributed by atoms with Crippen molar-refractivity contribution in [2.75, 3.05) is 37.9 Å². The Morgan fingerprint density at radius 2 is 1.10 bits per heavy atom. The number of rotatable bonds is 14. The Labute approximate surface area is 212 Å². The van der Waals surface area contributed by atoms with Crippen molar-refractivity contribution in [1.82, 2.24) is 0 Å². The van der Waals surface area contributed by atoms with Crippen LogP contribution in [-0.2, 0) is 48.8 Å². The fourth-order valence-corrected chi connectivity index (χ4v) is 2.03. The average Bonchev–Trinajstić information content (AvgIpc) is 2.61. The molecule has 2 atom stereocenters. The Bertz CT molecular complexity index is 685. The summed E-state index contributed by atoms with van der Waals surface area (Å²) in [5, 5.41) is 0. The van der Waals surface area contributed by atoms with Crippen molar-refractivity contribution in [1.29, 1.82) is 0 Å². The van der Waals surface area contributed by atoms with E-state index in [2.05, 4.69) is 13.2 Å². The molecule has 0 bridgehead atoms. The van der Waals surface area contributed by atoms with Crippen molar-refractivity contribution < 1.29 is 54.5 Å². The van der Waals surface area contributed by atoms with Crippen molar-refractivity contribution in [3.8, 4) is 0 Å². The molecule has 0 aliphatic heterocycles. The molecular weight excluding hydrogens is 488 g/mol. The van der Waals surface area contributed by atoms with Gasteiger partial charge in [-0.15, -0.1) is 0 Å². The van der Waals surface area contributed by atoms with Crippen molar-refractivity contribution in [3.63, 3.8) is 0 Å². The number of esters is 2. The van der Waals surface area contributed by atoms with Gasteiger partial charge in [0, 0.05) is 12.2 Å². The van der Waals surface area contributed by atoms with E-state index in [4.69, 9.17) is 18.9 Å². The predicted octanol–water partition coefficient (Wildman–Crippen LogP) is -1.05. The minimum atomic E-state index is -4.25. The minimum Gasteiger partial charge on any atom is -0.748 e. The Hall–Kier alpha value is -0.580. The van der Waals surface area contributed by atoms with E-state index < -0.39 is 55.9 Å². The first-order chi connectivity index (χ1) is 13.7. The van der Waals surface area contributed by atoms with Crippen LogP contribution in [0.1, 0.15) is 13.8 Å². The number of hydrogen-bond donors (Lipinski definition) is 0. The van der Waals surface area contributed by atoms with E-state index in [1.165, 1.54) is 0 Å². The molecule has 0 aromatic carbocycles. The predicted molar refractivity (Wildman–Crippen MR) is 108 cm³/mol. The molecule has 0 spiro atoms. The van der Waals surface area contributed by atoms with Gasteiger partial charge in [-0.1, -0.05) is 13.2 Å². The van der Waals surface area contributed by atoms with Gasteiger partial charge in [0.25, 0.3) is 0 Å². The van der Waals surface area contributed by atoms with E-state index >= 15 is 0 Å². The molecule has 0 fully saturated rings. The second kappa shape index (κ2) is 18.9. The first kappa shape index (κ1) is 35.0. The van der Waals surface area contributed by atoms with Gasteiger partial charge in [0.1, 0.15) is 12.2 Å². The van der Waals surface area contributed by atoms with Crippen molar-refractivity contribution in [3.05, 3.63) is 25.3 Å². The summed E-state index contributed by atoms with van der Waals surface area (Å²) in [6.45, 7) is 9.23. The van der Waals surface area contributed by atoms with Gasteiger partial charge in [-0.2, -0.15) is 0 Å². The molecule has 0 saturated heterocycles. The molecule has 12 nitrogen and oxygen atoms in total. The molecule has 0 saturated carbocycles. The first-order valence-corrected chi connectivity index (χ1v) is 11.5. The minimum absolute atomic E-state index is 0. The smallest absolute Gasteiger partial charge is 0.748 e. The van der Waals surface area contributed by atoms with Crippen LogP contribution in [0, 0.1) is 0 Å². The van der Waals surface area contributed by atoms with Crippen molar-refractivity contribution >= 4 is 69.9 Å². The summed E-state index contributed by atoms with van der Waals surface area (Å²) < 4.78 is 80.1. The summed E-state index contributed by atoms with van der Waals surface area (Å²) in [5.74, 6) is -2.34. The van der Waals surface area contributed by atoms with Crippen LogP contribution in [-0.4, -0.2) is 126 Å². The van der Waals surface area contributed by atoms with Gasteiger partial charge in [-0.25, -0.2) is 26.4 Å². The fraction of sp³-hybridized carbons (Fsp3) is 0.625. The van der Waals surface area contributed by atoms with Crippen LogP contribution in [0.4, 0.5) is 0 Å². The van der Waals surface area contributed by atoms with Gasteiger partial charge in [0.2, 0.25) is 0 Å². The number of carbonyl (C=O) groups excluding carboxylic acids is 2. The molecule has 0 aromatic heterocycles. The van der Waals surface area contributed by atoms with Crippen LogP contribution >= 0.6 is 0 Å². The maximum absolute atomic E-state index is 10.7. The van der Waals surface area contributed by atoms with Gasteiger partial charge in [-0.3, -0.25) is 0 Å². The van der Waals surface area contributed by atoms with E-state index in [1.807, 2.05) is 0 Å². The zero-order valence-electron chi connectivity index (χ0n) is 17.4. The molecule has 31 heavy (non-hydrogen) atoms. The third-order valence-corrected chi connectivity index (χ3v) is 3.96. The number of hydrogen-bond acceptors (Lipinski definition) is 12. The van der Waals surface area contributed by atoms with E-state index in [0.29, 0.717) is 0 Å². The van der Waals surface area contributed by atoms with Crippen LogP contribution < -0.4 is 0 Å². The summed E-state index contributed by atoms with van der Waals surface area (Å²) in [6, 6.07) is 0. The van der Waals surface area contributed by atoms with E-state index in [9.17, 15) is 35.5 Å². The average molecular weight is 515 g/mol. The Morgan fingerprint density at radius 3 is 1.32 bits per heavy atom. The number of carbonyl (C=O) groups is 2. The summed E-state index contributed by atoms with van der Waals surface area (Å²) in [7, 11) is -8.50. The zero-order chi connectivity index (χ0) is 23.8. The summed E-state index contributed by atoms with van der Waals surface area (Å²) in [5.41, 5.74) is 0. The normalized spacial score (nSPS) is 12.8. The summed E-state index contributed by atoms with van der Waals surface area (Å²) in [6.07, 6.45) is 1.01. The molecule has 2 unspecified atom stereocenters. The molecule has 0 rings (SSSR count). The van der Waals surface area contributed by atoms with Gasteiger partial charge in [0.15, 0.2) is 0 Å². The van der Waals surface area contributed by atoms with Crippen LogP contribution in [0.25, 0.3) is 0 Å². The molecule has 176 valence electrons. The molecule has 0 radical (unpaired) electrons. The third kappa shape index (κ3) is 29.4. The molecule has 0 aliphatic carbocycles. The second-order valence-corrected chi connectivity index (χ2v) is 8.62. The van der Waals surface area contributed by atoms with Crippen LogP contribution in [0.3, 0.4) is 0 Å². The quantitative estimate of drug-likeness (QED) is 0.0901. The zero-order valence-corrected chi connectivity index (χ0v) is 21.2. The van der Waals surface area contributed by atoms with E-state index in [-0.39, 0.29) is 64.2 Å². The third-order valence-electron chi connectivity index (χ3n) is 2.63. The topological polar surface area (TPSA) is 185 Å². The molecule has 0 N–H and O–H groups in total. The van der Waals surface area contributed by atoms with E-state index in [1.54, 1.807) is 13.8 Å². The van der Waals surface area contributed by atoms with Gasteiger partial charge >= 0.3 is 49.7 Å². The van der Waals surface area contributed by atoms with Crippen LogP contribution in [0.15, 0.2) is 25.3 Å². The van der Waals surface area contributed by atoms with E-state index in [0.717, 1.165) is 12.2 Å². The van der Waals surface area contributed by atoms with Crippen molar-refractivity contribution in [2.24, 2.45) is 0 Å². The second-order valence-electron chi connectivity index (χ2n) is 5.58.